The van der Waals surface area contributed by atoms with Crippen LogP contribution in [0.5, 0.6) is 0 Å². The Labute approximate surface area is 93.9 Å². The Morgan fingerprint density at radius 2 is 2.43 bits per heavy atom. The number of hydrogen-bond acceptors (Lipinski definition) is 4. The maximum absolute atomic E-state index is 5.47. The van der Waals surface area contributed by atoms with Gasteiger partial charge in [-0.2, -0.15) is 5.10 Å². The molecule has 74 valence electrons. The molecule has 0 aliphatic carbocycles. The number of halogens is 1. The Hall–Kier alpha value is -0.720. The summed E-state index contributed by atoms with van der Waals surface area (Å²) in [6.45, 7) is 0.375. The minimum Gasteiger partial charge on any atom is -0.324 e. The van der Waals surface area contributed by atoms with Gasteiger partial charge >= 0.3 is 0 Å². The van der Waals surface area contributed by atoms with Gasteiger partial charge < -0.3 is 5.73 Å². The van der Waals surface area contributed by atoms with E-state index in [1.165, 1.54) is 0 Å². The van der Waals surface area contributed by atoms with E-state index in [4.69, 9.17) is 5.73 Å². The first-order valence-electron chi connectivity index (χ1n) is 4.05. The van der Waals surface area contributed by atoms with Crippen LogP contribution in [0.2, 0.25) is 0 Å². The molecule has 0 amide bonds. The summed E-state index contributed by atoms with van der Waals surface area (Å²) >= 11 is 5.04. The van der Waals surface area contributed by atoms with Crippen molar-refractivity contribution in [2.24, 2.45) is 12.8 Å². The molecule has 0 aromatic carbocycles. The zero-order valence-electron chi connectivity index (χ0n) is 7.57. The van der Waals surface area contributed by atoms with Crippen molar-refractivity contribution < 1.29 is 0 Å². The zero-order chi connectivity index (χ0) is 10.1. The van der Waals surface area contributed by atoms with Crippen LogP contribution in [0, 0.1) is 0 Å². The number of nitrogens with zero attached hydrogens (tertiary/aromatic N) is 3. The van der Waals surface area contributed by atoms with E-state index in [0.717, 1.165) is 15.2 Å². The molecule has 2 aromatic heterocycles. The molecule has 2 aromatic rings. The monoisotopic (exact) mass is 272 g/mol. The summed E-state index contributed by atoms with van der Waals surface area (Å²) < 4.78 is 2.82. The minimum atomic E-state index is 0.375. The van der Waals surface area contributed by atoms with Crippen LogP contribution in [0.15, 0.2) is 15.9 Å². The molecular weight excluding hydrogens is 264 g/mol. The van der Waals surface area contributed by atoms with Gasteiger partial charge in [0, 0.05) is 16.9 Å². The number of rotatable bonds is 2. The van der Waals surface area contributed by atoms with Crippen LogP contribution in [-0.4, -0.2) is 14.8 Å². The lowest BCUT2D eigenvalue weighted by Crippen LogP contribution is -1.99. The largest absolute Gasteiger partial charge is 0.324 e. The molecule has 0 aliphatic rings. The van der Waals surface area contributed by atoms with Crippen LogP contribution in [0.1, 0.15) is 5.82 Å². The highest BCUT2D eigenvalue weighted by molar-refractivity contribution is 9.10. The van der Waals surface area contributed by atoms with Crippen LogP contribution in [-0.2, 0) is 13.6 Å². The van der Waals surface area contributed by atoms with Crippen LogP contribution in [0.3, 0.4) is 0 Å². The van der Waals surface area contributed by atoms with Crippen molar-refractivity contribution >= 4 is 27.3 Å². The summed E-state index contributed by atoms with van der Waals surface area (Å²) in [5, 5.41) is 6.21. The van der Waals surface area contributed by atoms with Crippen LogP contribution < -0.4 is 5.73 Å². The first kappa shape index (κ1) is 9.82. The predicted molar refractivity (Wildman–Crippen MR) is 59.9 cm³/mol. The van der Waals surface area contributed by atoms with Crippen molar-refractivity contribution in [1.29, 1.82) is 0 Å². The second-order valence-electron chi connectivity index (χ2n) is 2.81. The summed E-state index contributed by atoms with van der Waals surface area (Å²) in [7, 11) is 1.87. The first-order chi connectivity index (χ1) is 6.70. The molecule has 0 saturated carbocycles. The van der Waals surface area contributed by atoms with Crippen LogP contribution >= 0.6 is 27.3 Å². The van der Waals surface area contributed by atoms with E-state index in [2.05, 4.69) is 26.0 Å². The Morgan fingerprint density at radius 1 is 1.64 bits per heavy atom. The molecular formula is C8H9BrN4S. The Morgan fingerprint density at radius 3 is 2.93 bits per heavy atom. The fourth-order valence-corrected chi connectivity index (χ4v) is 2.62. The standard InChI is InChI=1S/C8H9BrN4S/c1-13-8(11-7(3-10)12-13)6-2-5(9)4-14-6/h2,4H,3,10H2,1H3. The maximum Gasteiger partial charge on any atom is 0.168 e. The number of hydrogen-bond donors (Lipinski definition) is 1. The van der Waals surface area contributed by atoms with Gasteiger partial charge in [0.2, 0.25) is 0 Å². The van der Waals surface area contributed by atoms with Gasteiger partial charge in [-0.15, -0.1) is 11.3 Å². The molecule has 4 nitrogen and oxygen atoms in total. The van der Waals surface area contributed by atoms with E-state index < -0.39 is 0 Å². The van der Waals surface area contributed by atoms with Gasteiger partial charge in [-0.05, 0) is 22.0 Å². The highest BCUT2D eigenvalue weighted by Crippen LogP contribution is 2.28. The Kier molecular flexibility index (Phi) is 2.66. The van der Waals surface area contributed by atoms with Gasteiger partial charge in [0.25, 0.3) is 0 Å². The first-order valence-corrected chi connectivity index (χ1v) is 5.72. The number of thiophene rings is 1. The zero-order valence-corrected chi connectivity index (χ0v) is 9.97. The molecule has 0 unspecified atom stereocenters. The van der Waals surface area contributed by atoms with Gasteiger partial charge in [-0.1, -0.05) is 0 Å². The van der Waals surface area contributed by atoms with Crippen molar-refractivity contribution in [3.05, 3.63) is 21.7 Å². The van der Waals surface area contributed by atoms with E-state index in [1.807, 2.05) is 18.5 Å². The van der Waals surface area contributed by atoms with E-state index in [9.17, 15) is 0 Å². The molecule has 0 spiro atoms. The molecule has 2 N–H and O–H groups in total. The predicted octanol–water partition coefficient (Wildman–Crippen LogP) is 1.76. The van der Waals surface area contributed by atoms with Gasteiger partial charge in [0.1, 0.15) is 0 Å². The summed E-state index contributed by atoms with van der Waals surface area (Å²) in [6, 6.07) is 2.02. The molecule has 0 radical (unpaired) electrons. The molecule has 2 heterocycles. The van der Waals surface area contributed by atoms with Gasteiger partial charge in [0.15, 0.2) is 11.6 Å². The summed E-state index contributed by atoms with van der Waals surface area (Å²) in [5.41, 5.74) is 5.47. The topological polar surface area (TPSA) is 56.7 Å². The fraction of sp³-hybridized carbons (Fsp3) is 0.250. The lowest BCUT2D eigenvalue weighted by molar-refractivity contribution is 0.750. The molecule has 2 rings (SSSR count). The third kappa shape index (κ3) is 1.73. The quantitative estimate of drug-likeness (QED) is 0.907. The highest BCUT2D eigenvalue weighted by atomic mass is 79.9. The number of aromatic nitrogens is 3. The molecule has 0 atom stereocenters. The maximum atomic E-state index is 5.47. The molecule has 0 saturated heterocycles. The summed E-state index contributed by atoms with van der Waals surface area (Å²) in [6.07, 6.45) is 0. The van der Waals surface area contributed by atoms with E-state index in [1.54, 1.807) is 16.0 Å². The normalized spacial score (nSPS) is 10.8. The van der Waals surface area contributed by atoms with E-state index >= 15 is 0 Å². The van der Waals surface area contributed by atoms with E-state index in [0.29, 0.717) is 12.4 Å². The molecule has 0 fully saturated rings. The Balaban J connectivity index is 2.45. The Bertz CT molecular complexity index is 448. The van der Waals surface area contributed by atoms with Gasteiger partial charge in [0.05, 0.1) is 11.4 Å². The van der Waals surface area contributed by atoms with Crippen molar-refractivity contribution in [3.63, 3.8) is 0 Å². The number of aryl methyl sites for hydroxylation is 1. The minimum absolute atomic E-state index is 0.375. The lowest BCUT2D eigenvalue weighted by atomic mass is 10.4. The van der Waals surface area contributed by atoms with Crippen LogP contribution in [0.4, 0.5) is 0 Å². The van der Waals surface area contributed by atoms with Gasteiger partial charge in [-0.25, -0.2) is 9.67 Å². The SMILES string of the molecule is Cn1nc(CN)nc1-c1cc(Br)cs1. The van der Waals surface area contributed by atoms with Crippen molar-refractivity contribution in [2.75, 3.05) is 0 Å². The second-order valence-corrected chi connectivity index (χ2v) is 4.64. The van der Waals surface area contributed by atoms with Gasteiger partial charge in [-0.3, -0.25) is 0 Å². The van der Waals surface area contributed by atoms with Crippen molar-refractivity contribution in [2.45, 2.75) is 6.54 Å². The van der Waals surface area contributed by atoms with Crippen molar-refractivity contribution in [3.8, 4) is 10.7 Å². The molecule has 0 bridgehead atoms. The second kappa shape index (κ2) is 3.80. The summed E-state index contributed by atoms with van der Waals surface area (Å²) in [5.74, 6) is 1.54. The third-order valence-corrected chi connectivity index (χ3v) is 3.46. The highest BCUT2D eigenvalue weighted by Gasteiger charge is 2.09. The van der Waals surface area contributed by atoms with E-state index in [-0.39, 0.29) is 0 Å². The average molecular weight is 273 g/mol. The number of nitrogens with two attached hydrogens (primary N) is 1. The lowest BCUT2D eigenvalue weighted by Gasteiger charge is -1.93. The molecule has 14 heavy (non-hydrogen) atoms. The smallest absolute Gasteiger partial charge is 0.168 e. The molecule has 0 aliphatic heterocycles. The fourth-order valence-electron chi connectivity index (χ4n) is 1.17. The molecule has 6 heteroatoms. The third-order valence-electron chi connectivity index (χ3n) is 1.78. The van der Waals surface area contributed by atoms with Crippen molar-refractivity contribution in [1.82, 2.24) is 14.8 Å². The summed E-state index contributed by atoms with van der Waals surface area (Å²) in [4.78, 5) is 5.42. The average Bonchev–Trinajstić information content (AvgIpc) is 2.71. The van der Waals surface area contributed by atoms with Crippen LogP contribution in [0.25, 0.3) is 10.7 Å².